The van der Waals surface area contributed by atoms with Crippen LogP contribution in [0.25, 0.3) is 0 Å². The van der Waals surface area contributed by atoms with Gasteiger partial charge >= 0.3 is 0 Å². The van der Waals surface area contributed by atoms with Crippen molar-refractivity contribution in [2.24, 2.45) is 5.73 Å². The molecule has 1 atom stereocenters. The Kier molecular flexibility index (Phi) is 4.75. The normalized spacial score (nSPS) is 12.4. The van der Waals surface area contributed by atoms with Crippen molar-refractivity contribution in [1.82, 2.24) is 0 Å². The smallest absolute Gasteiger partial charge is 0.0298 e. The second kappa shape index (κ2) is 6.53. The van der Waals surface area contributed by atoms with Gasteiger partial charge in [-0.2, -0.15) is 0 Å². The van der Waals surface area contributed by atoms with Gasteiger partial charge in [0.15, 0.2) is 0 Å². The number of aryl methyl sites for hydroxylation is 3. The van der Waals surface area contributed by atoms with Crippen LogP contribution < -0.4 is 5.73 Å². The minimum Gasteiger partial charge on any atom is -0.324 e. The van der Waals surface area contributed by atoms with Crippen molar-refractivity contribution in [1.29, 1.82) is 0 Å². The van der Waals surface area contributed by atoms with Crippen molar-refractivity contribution < 1.29 is 0 Å². The van der Waals surface area contributed by atoms with Crippen LogP contribution in [-0.4, -0.2) is 0 Å². The Balaban J connectivity index is 1.95. The Bertz CT molecular complexity index is 513. The fraction of sp³-hybridized carbons (Fsp3) is 0.333. The molecule has 2 aromatic carbocycles. The monoisotopic (exact) mass is 253 g/mol. The summed E-state index contributed by atoms with van der Waals surface area (Å²) in [6.07, 6.45) is 3.12. The molecule has 0 radical (unpaired) electrons. The predicted molar refractivity (Wildman–Crippen MR) is 82.2 cm³/mol. The van der Waals surface area contributed by atoms with Gasteiger partial charge in [0.05, 0.1) is 0 Å². The molecule has 0 saturated carbocycles. The lowest BCUT2D eigenvalue weighted by molar-refractivity contribution is 0.651. The predicted octanol–water partition coefficient (Wildman–Crippen LogP) is 4.19. The van der Waals surface area contributed by atoms with Crippen molar-refractivity contribution in [3.63, 3.8) is 0 Å². The van der Waals surface area contributed by atoms with Crippen LogP contribution in [0.5, 0.6) is 0 Å². The van der Waals surface area contributed by atoms with Gasteiger partial charge in [-0.15, -0.1) is 0 Å². The van der Waals surface area contributed by atoms with E-state index in [2.05, 4.69) is 62.4 Å². The zero-order valence-electron chi connectivity index (χ0n) is 11.9. The van der Waals surface area contributed by atoms with Crippen LogP contribution in [0, 0.1) is 6.92 Å². The Morgan fingerprint density at radius 2 is 1.74 bits per heavy atom. The van der Waals surface area contributed by atoms with Gasteiger partial charge in [0.25, 0.3) is 0 Å². The van der Waals surface area contributed by atoms with Gasteiger partial charge in [0.1, 0.15) is 0 Å². The first kappa shape index (κ1) is 13.8. The number of benzene rings is 2. The molecule has 0 amide bonds. The molecule has 1 unspecified atom stereocenters. The second-order valence-corrected chi connectivity index (χ2v) is 5.23. The summed E-state index contributed by atoms with van der Waals surface area (Å²) in [7, 11) is 0. The number of rotatable bonds is 5. The summed E-state index contributed by atoms with van der Waals surface area (Å²) in [6, 6.07) is 17.5. The van der Waals surface area contributed by atoms with Gasteiger partial charge in [-0.05, 0) is 42.9 Å². The Morgan fingerprint density at radius 1 is 1.00 bits per heavy atom. The molecule has 0 aliphatic carbocycles. The van der Waals surface area contributed by atoms with E-state index in [0.717, 1.165) is 19.3 Å². The molecule has 0 aliphatic heterocycles. The molecule has 2 N–H and O–H groups in total. The third-order valence-electron chi connectivity index (χ3n) is 3.64. The molecule has 0 aliphatic rings. The highest BCUT2D eigenvalue weighted by Crippen LogP contribution is 2.18. The summed E-state index contributed by atoms with van der Waals surface area (Å²) in [5.41, 5.74) is 11.6. The van der Waals surface area contributed by atoms with Crippen LogP contribution in [0.2, 0.25) is 0 Å². The molecule has 1 nitrogen and oxygen atoms in total. The molecule has 0 aromatic heterocycles. The fourth-order valence-electron chi connectivity index (χ4n) is 2.36. The van der Waals surface area contributed by atoms with Gasteiger partial charge in [-0.3, -0.25) is 0 Å². The Hall–Kier alpha value is -1.60. The molecule has 0 bridgehead atoms. The summed E-state index contributed by atoms with van der Waals surface area (Å²) in [5.74, 6) is 0. The SMILES string of the molecule is CCc1ccc(C(N)CCc2cccc(C)c2)cc1. The first-order valence-corrected chi connectivity index (χ1v) is 7.09. The first-order chi connectivity index (χ1) is 9.19. The minimum atomic E-state index is 0.131. The molecular weight excluding hydrogens is 230 g/mol. The average molecular weight is 253 g/mol. The highest BCUT2D eigenvalue weighted by molar-refractivity contribution is 5.26. The molecule has 100 valence electrons. The average Bonchev–Trinajstić information content (AvgIpc) is 2.45. The van der Waals surface area contributed by atoms with E-state index in [1.807, 2.05) is 0 Å². The summed E-state index contributed by atoms with van der Waals surface area (Å²) < 4.78 is 0. The molecule has 19 heavy (non-hydrogen) atoms. The third-order valence-corrected chi connectivity index (χ3v) is 3.64. The zero-order chi connectivity index (χ0) is 13.7. The van der Waals surface area contributed by atoms with E-state index in [4.69, 9.17) is 5.73 Å². The van der Waals surface area contributed by atoms with Gasteiger partial charge in [-0.1, -0.05) is 61.0 Å². The summed E-state index contributed by atoms with van der Waals surface area (Å²) in [5, 5.41) is 0. The van der Waals surface area contributed by atoms with Crippen LogP contribution in [0.3, 0.4) is 0 Å². The van der Waals surface area contributed by atoms with E-state index in [9.17, 15) is 0 Å². The standard InChI is InChI=1S/C18H23N/c1-3-15-7-10-17(11-8-15)18(19)12-9-16-6-4-5-14(2)13-16/h4-8,10-11,13,18H,3,9,12,19H2,1-2H3. The molecule has 0 heterocycles. The lowest BCUT2D eigenvalue weighted by Crippen LogP contribution is -2.11. The molecule has 0 spiro atoms. The van der Waals surface area contributed by atoms with E-state index in [-0.39, 0.29) is 6.04 Å². The highest BCUT2D eigenvalue weighted by atomic mass is 14.6. The molecule has 0 saturated heterocycles. The van der Waals surface area contributed by atoms with E-state index < -0.39 is 0 Å². The molecule has 2 rings (SSSR count). The topological polar surface area (TPSA) is 26.0 Å². The molecular formula is C18H23N. The lowest BCUT2D eigenvalue weighted by atomic mass is 9.98. The summed E-state index contributed by atoms with van der Waals surface area (Å²) >= 11 is 0. The van der Waals surface area contributed by atoms with Crippen molar-refractivity contribution in [2.45, 2.75) is 39.2 Å². The molecule has 0 fully saturated rings. The molecule has 1 heteroatoms. The summed E-state index contributed by atoms with van der Waals surface area (Å²) in [6.45, 7) is 4.31. The lowest BCUT2D eigenvalue weighted by Gasteiger charge is -2.13. The first-order valence-electron chi connectivity index (χ1n) is 7.09. The number of hydrogen-bond acceptors (Lipinski definition) is 1. The third kappa shape index (κ3) is 3.93. The largest absolute Gasteiger partial charge is 0.324 e. The van der Waals surface area contributed by atoms with Crippen molar-refractivity contribution in [3.8, 4) is 0 Å². The molecule has 2 aromatic rings. The van der Waals surface area contributed by atoms with Crippen LogP contribution in [-0.2, 0) is 12.8 Å². The maximum Gasteiger partial charge on any atom is 0.0298 e. The van der Waals surface area contributed by atoms with Gasteiger partial charge in [-0.25, -0.2) is 0 Å². The van der Waals surface area contributed by atoms with Gasteiger partial charge in [0, 0.05) is 6.04 Å². The van der Waals surface area contributed by atoms with Crippen LogP contribution >= 0.6 is 0 Å². The number of hydrogen-bond donors (Lipinski definition) is 1. The quantitative estimate of drug-likeness (QED) is 0.849. The van der Waals surface area contributed by atoms with Crippen LogP contribution in [0.1, 0.15) is 41.6 Å². The van der Waals surface area contributed by atoms with Crippen molar-refractivity contribution >= 4 is 0 Å². The highest BCUT2D eigenvalue weighted by Gasteiger charge is 2.06. The fourth-order valence-corrected chi connectivity index (χ4v) is 2.36. The minimum absolute atomic E-state index is 0.131. The van der Waals surface area contributed by atoms with Crippen LogP contribution in [0.15, 0.2) is 48.5 Å². The maximum atomic E-state index is 6.27. The second-order valence-electron chi connectivity index (χ2n) is 5.23. The summed E-state index contributed by atoms with van der Waals surface area (Å²) in [4.78, 5) is 0. The maximum absolute atomic E-state index is 6.27. The van der Waals surface area contributed by atoms with Gasteiger partial charge in [0.2, 0.25) is 0 Å². The Labute approximate surface area is 116 Å². The van der Waals surface area contributed by atoms with E-state index >= 15 is 0 Å². The van der Waals surface area contributed by atoms with Crippen LogP contribution in [0.4, 0.5) is 0 Å². The number of nitrogens with two attached hydrogens (primary N) is 1. The van der Waals surface area contributed by atoms with E-state index in [1.165, 1.54) is 22.3 Å². The van der Waals surface area contributed by atoms with Gasteiger partial charge < -0.3 is 5.73 Å². The van der Waals surface area contributed by atoms with E-state index in [0.29, 0.717) is 0 Å². The Morgan fingerprint density at radius 3 is 2.37 bits per heavy atom. The van der Waals surface area contributed by atoms with E-state index in [1.54, 1.807) is 0 Å². The zero-order valence-corrected chi connectivity index (χ0v) is 11.9. The van der Waals surface area contributed by atoms with Crippen molar-refractivity contribution in [3.05, 3.63) is 70.8 Å². The van der Waals surface area contributed by atoms with Crippen molar-refractivity contribution in [2.75, 3.05) is 0 Å².